The lowest BCUT2D eigenvalue weighted by Gasteiger charge is -2.26. The number of hydrogen-bond acceptors (Lipinski definition) is 8. The van der Waals surface area contributed by atoms with Gasteiger partial charge in [0.25, 0.3) is 0 Å². The highest BCUT2D eigenvalue weighted by atomic mass is 16.6. The number of nitrogens with two attached hydrogens (primary N) is 1. The molecule has 4 N–H and O–H groups in total. The van der Waals surface area contributed by atoms with E-state index in [1.54, 1.807) is 38.1 Å². The van der Waals surface area contributed by atoms with E-state index < -0.39 is 54.3 Å². The Morgan fingerprint density at radius 2 is 1.54 bits per heavy atom. The Morgan fingerprint density at radius 3 is 2.09 bits per heavy atom. The van der Waals surface area contributed by atoms with Crippen molar-refractivity contribution in [2.24, 2.45) is 17.6 Å². The summed E-state index contributed by atoms with van der Waals surface area (Å²) in [7, 11) is 0. The fourth-order valence-electron chi connectivity index (χ4n) is 3.22. The highest BCUT2D eigenvalue weighted by Gasteiger charge is 2.38. The van der Waals surface area contributed by atoms with Gasteiger partial charge in [-0.3, -0.25) is 19.2 Å². The molecule has 35 heavy (non-hydrogen) atoms. The van der Waals surface area contributed by atoms with Crippen LogP contribution >= 0.6 is 0 Å². The number of carbonyl (C=O) groups excluding carboxylic acids is 5. The Balaban J connectivity index is 2.99. The van der Waals surface area contributed by atoms with E-state index in [9.17, 15) is 24.0 Å². The third-order valence-electron chi connectivity index (χ3n) is 4.82. The van der Waals surface area contributed by atoms with Gasteiger partial charge in [0.2, 0.25) is 11.8 Å². The van der Waals surface area contributed by atoms with Gasteiger partial charge in [0.15, 0.2) is 0 Å². The van der Waals surface area contributed by atoms with Crippen molar-refractivity contribution >= 4 is 29.8 Å². The van der Waals surface area contributed by atoms with Crippen LogP contribution in [0.4, 0.5) is 4.79 Å². The maximum absolute atomic E-state index is 13.0. The summed E-state index contributed by atoms with van der Waals surface area (Å²) in [6, 6.07) is 6.32. The van der Waals surface area contributed by atoms with Gasteiger partial charge in [-0.25, -0.2) is 4.79 Å². The highest BCUT2D eigenvalue weighted by Crippen LogP contribution is 2.15. The van der Waals surface area contributed by atoms with E-state index in [0.29, 0.717) is 0 Å². The SMILES string of the molecule is CCOC(=O)C[C@@H](C(=O)OCC)[C@@H](NC(=O)[C@H](CC(C)C)NC(=O)OCc1ccccc1)C(N)=O. The Morgan fingerprint density at radius 1 is 0.914 bits per heavy atom. The first-order chi connectivity index (χ1) is 16.6. The fraction of sp³-hybridized carbons (Fsp3) is 0.542. The third kappa shape index (κ3) is 10.9. The summed E-state index contributed by atoms with van der Waals surface area (Å²) in [6.45, 7) is 6.87. The molecule has 1 rings (SSSR count). The maximum Gasteiger partial charge on any atom is 0.408 e. The van der Waals surface area contributed by atoms with Gasteiger partial charge in [0.1, 0.15) is 18.7 Å². The second-order valence-electron chi connectivity index (χ2n) is 8.14. The van der Waals surface area contributed by atoms with Gasteiger partial charge in [-0.15, -0.1) is 0 Å². The Hall–Kier alpha value is -3.63. The molecular weight excluding hydrogens is 458 g/mol. The van der Waals surface area contributed by atoms with Gasteiger partial charge in [-0.05, 0) is 31.7 Å². The van der Waals surface area contributed by atoms with Gasteiger partial charge in [-0.2, -0.15) is 0 Å². The van der Waals surface area contributed by atoms with E-state index >= 15 is 0 Å². The molecule has 0 aromatic heterocycles. The standard InChI is InChI=1S/C24H35N3O8/c1-5-33-19(28)13-17(23(31)34-6-2)20(21(25)29)27-22(30)18(12-15(3)4)26-24(32)35-14-16-10-8-7-9-11-16/h7-11,15,17-18,20H,5-6,12-14H2,1-4H3,(H2,25,29)(H,26,32)(H,27,30)/t17-,18+,20-/m1/s1. The zero-order valence-corrected chi connectivity index (χ0v) is 20.6. The Bertz CT molecular complexity index is 860. The average molecular weight is 494 g/mol. The molecular formula is C24H35N3O8. The van der Waals surface area contributed by atoms with Gasteiger partial charge < -0.3 is 30.6 Å². The number of ether oxygens (including phenoxy) is 3. The number of carbonyl (C=O) groups is 5. The number of hydrogen-bond donors (Lipinski definition) is 3. The van der Waals surface area contributed by atoms with Crippen LogP contribution in [0.25, 0.3) is 0 Å². The minimum Gasteiger partial charge on any atom is -0.466 e. The molecule has 0 unspecified atom stereocenters. The summed E-state index contributed by atoms with van der Waals surface area (Å²) in [6.07, 6.45) is -1.15. The third-order valence-corrected chi connectivity index (χ3v) is 4.82. The number of amides is 3. The van der Waals surface area contributed by atoms with Crippen LogP contribution < -0.4 is 16.4 Å². The smallest absolute Gasteiger partial charge is 0.408 e. The van der Waals surface area contributed by atoms with Crippen LogP contribution in [0.15, 0.2) is 30.3 Å². The van der Waals surface area contributed by atoms with Crippen LogP contribution in [0.3, 0.4) is 0 Å². The van der Waals surface area contributed by atoms with E-state index in [1.807, 2.05) is 19.9 Å². The molecule has 0 aliphatic rings. The van der Waals surface area contributed by atoms with E-state index in [0.717, 1.165) is 5.56 Å². The summed E-state index contributed by atoms with van der Waals surface area (Å²) < 4.78 is 15.0. The number of alkyl carbamates (subject to hydrolysis) is 1. The molecule has 0 spiro atoms. The van der Waals surface area contributed by atoms with Gasteiger partial charge in [0, 0.05) is 0 Å². The van der Waals surface area contributed by atoms with Crippen molar-refractivity contribution in [1.82, 2.24) is 10.6 Å². The maximum atomic E-state index is 13.0. The Kier molecular flexibility index (Phi) is 12.9. The number of rotatable bonds is 14. The lowest BCUT2D eigenvalue weighted by Crippen LogP contribution is -2.57. The lowest BCUT2D eigenvalue weighted by molar-refractivity contribution is -0.157. The first-order valence-corrected chi connectivity index (χ1v) is 11.5. The van der Waals surface area contributed by atoms with E-state index in [-0.39, 0.29) is 32.2 Å². The van der Waals surface area contributed by atoms with Crippen molar-refractivity contribution in [1.29, 1.82) is 0 Å². The zero-order chi connectivity index (χ0) is 26.4. The van der Waals surface area contributed by atoms with Crippen LogP contribution in [-0.4, -0.2) is 55.1 Å². The number of benzene rings is 1. The van der Waals surface area contributed by atoms with Crippen molar-refractivity contribution in [3.8, 4) is 0 Å². The topological polar surface area (TPSA) is 163 Å². The monoisotopic (exact) mass is 493 g/mol. The summed E-state index contributed by atoms with van der Waals surface area (Å²) >= 11 is 0. The molecule has 0 aliphatic carbocycles. The average Bonchev–Trinajstić information content (AvgIpc) is 2.80. The summed E-state index contributed by atoms with van der Waals surface area (Å²) in [5.74, 6) is -4.88. The second-order valence-corrected chi connectivity index (χ2v) is 8.14. The van der Waals surface area contributed by atoms with Crippen LogP contribution in [0, 0.1) is 11.8 Å². The second kappa shape index (κ2) is 15.3. The van der Waals surface area contributed by atoms with Crippen LogP contribution in [0.2, 0.25) is 0 Å². The Labute approximate surface area is 205 Å². The van der Waals surface area contributed by atoms with Crippen molar-refractivity contribution in [2.45, 2.75) is 59.2 Å². The number of nitrogens with one attached hydrogen (secondary N) is 2. The molecule has 0 bridgehead atoms. The van der Waals surface area contributed by atoms with Crippen molar-refractivity contribution in [2.75, 3.05) is 13.2 Å². The van der Waals surface area contributed by atoms with Crippen molar-refractivity contribution in [3.05, 3.63) is 35.9 Å². The predicted octanol–water partition coefficient (Wildman–Crippen LogP) is 1.43. The van der Waals surface area contributed by atoms with Gasteiger partial charge in [0.05, 0.1) is 25.6 Å². The van der Waals surface area contributed by atoms with Gasteiger partial charge in [-0.1, -0.05) is 44.2 Å². The first kappa shape index (κ1) is 29.4. The molecule has 0 radical (unpaired) electrons. The number of primary amides is 1. The molecule has 0 saturated heterocycles. The minimum absolute atomic E-state index is 0.00290. The fourth-order valence-corrected chi connectivity index (χ4v) is 3.22. The quantitative estimate of drug-likeness (QED) is 0.259. The predicted molar refractivity (Wildman–Crippen MR) is 126 cm³/mol. The summed E-state index contributed by atoms with van der Waals surface area (Å²) in [4.78, 5) is 62.1. The van der Waals surface area contributed by atoms with E-state index in [2.05, 4.69) is 10.6 Å². The van der Waals surface area contributed by atoms with Crippen LogP contribution in [0.5, 0.6) is 0 Å². The highest BCUT2D eigenvalue weighted by molar-refractivity contribution is 5.94. The largest absolute Gasteiger partial charge is 0.466 e. The summed E-state index contributed by atoms with van der Waals surface area (Å²) in [5.41, 5.74) is 6.22. The summed E-state index contributed by atoms with van der Waals surface area (Å²) in [5, 5.41) is 4.88. The van der Waals surface area contributed by atoms with Crippen LogP contribution in [0.1, 0.15) is 46.1 Å². The first-order valence-electron chi connectivity index (χ1n) is 11.5. The minimum atomic E-state index is -1.57. The normalized spacial score (nSPS) is 13.2. The zero-order valence-electron chi connectivity index (χ0n) is 20.6. The molecule has 0 saturated carbocycles. The van der Waals surface area contributed by atoms with Crippen molar-refractivity contribution in [3.63, 3.8) is 0 Å². The molecule has 0 heterocycles. The lowest BCUT2D eigenvalue weighted by atomic mass is 9.94. The van der Waals surface area contributed by atoms with E-state index in [4.69, 9.17) is 19.9 Å². The molecule has 3 amide bonds. The van der Waals surface area contributed by atoms with Crippen LogP contribution in [-0.2, 0) is 40.0 Å². The molecule has 0 fully saturated rings. The molecule has 11 heteroatoms. The molecule has 1 aromatic rings. The number of esters is 2. The van der Waals surface area contributed by atoms with Gasteiger partial charge >= 0.3 is 18.0 Å². The molecule has 0 aliphatic heterocycles. The molecule has 11 nitrogen and oxygen atoms in total. The van der Waals surface area contributed by atoms with E-state index in [1.165, 1.54) is 0 Å². The molecule has 194 valence electrons. The molecule has 3 atom stereocenters. The molecule has 1 aromatic carbocycles. The van der Waals surface area contributed by atoms with Crippen molar-refractivity contribution < 1.29 is 38.2 Å².